The second-order valence-electron chi connectivity index (χ2n) is 5.52. The first-order chi connectivity index (χ1) is 11.6. The van der Waals surface area contributed by atoms with Gasteiger partial charge in [0.25, 0.3) is 0 Å². The molecule has 120 valence electrons. The number of para-hydroxylation sites is 2. The summed E-state index contributed by atoms with van der Waals surface area (Å²) in [6.45, 7) is 0.670. The highest BCUT2D eigenvalue weighted by atomic mass is 16.4. The molecule has 0 unspecified atom stereocenters. The van der Waals surface area contributed by atoms with E-state index in [0.717, 1.165) is 28.1 Å². The van der Waals surface area contributed by atoms with Crippen molar-refractivity contribution in [2.24, 2.45) is 0 Å². The molecule has 0 saturated heterocycles. The van der Waals surface area contributed by atoms with Crippen LogP contribution in [0.1, 0.15) is 15.9 Å². The maximum atomic E-state index is 11.1. The topological polar surface area (TPSA) is 75.3 Å². The summed E-state index contributed by atoms with van der Waals surface area (Å²) in [5.41, 5.74) is 10.8. The first-order valence-electron chi connectivity index (χ1n) is 7.64. The van der Waals surface area contributed by atoms with E-state index in [0.29, 0.717) is 6.54 Å². The number of nitrogens with two attached hydrogens (primary N) is 1. The van der Waals surface area contributed by atoms with Crippen LogP contribution in [0.2, 0.25) is 0 Å². The highest BCUT2D eigenvalue weighted by Gasteiger charge is 2.05. The van der Waals surface area contributed by atoms with Crippen molar-refractivity contribution in [1.29, 1.82) is 0 Å². The first kappa shape index (κ1) is 15.6. The molecular weight excluding hydrogens is 300 g/mol. The lowest BCUT2D eigenvalue weighted by atomic mass is 10.0. The maximum Gasteiger partial charge on any atom is 0.335 e. The van der Waals surface area contributed by atoms with Crippen LogP contribution in [0.15, 0.2) is 72.8 Å². The van der Waals surface area contributed by atoms with E-state index in [2.05, 4.69) is 5.32 Å². The Kier molecular flexibility index (Phi) is 4.47. The number of carboxylic acids is 1. The molecule has 0 bridgehead atoms. The number of carbonyl (C=O) groups is 1. The van der Waals surface area contributed by atoms with Gasteiger partial charge >= 0.3 is 5.97 Å². The van der Waals surface area contributed by atoms with Crippen LogP contribution >= 0.6 is 0 Å². The van der Waals surface area contributed by atoms with Crippen molar-refractivity contribution in [3.8, 4) is 11.1 Å². The van der Waals surface area contributed by atoms with E-state index in [9.17, 15) is 4.79 Å². The zero-order valence-electron chi connectivity index (χ0n) is 13.1. The van der Waals surface area contributed by atoms with Crippen LogP contribution < -0.4 is 11.1 Å². The van der Waals surface area contributed by atoms with Crippen molar-refractivity contribution in [1.82, 2.24) is 0 Å². The molecule has 0 fully saturated rings. The van der Waals surface area contributed by atoms with Crippen molar-refractivity contribution >= 4 is 17.3 Å². The first-order valence-corrected chi connectivity index (χ1v) is 7.64. The Morgan fingerprint density at radius 3 is 2.38 bits per heavy atom. The van der Waals surface area contributed by atoms with Crippen molar-refractivity contribution in [2.75, 3.05) is 11.1 Å². The van der Waals surface area contributed by atoms with Gasteiger partial charge in [-0.3, -0.25) is 0 Å². The monoisotopic (exact) mass is 318 g/mol. The molecule has 3 aromatic carbocycles. The third-order valence-corrected chi connectivity index (χ3v) is 3.84. The van der Waals surface area contributed by atoms with Gasteiger partial charge in [0, 0.05) is 6.54 Å². The molecule has 0 aliphatic rings. The van der Waals surface area contributed by atoms with Gasteiger partial charge in [0.15, 0.2) is 0 Å². The van der Waals surface area contributed by atoms with Crippen molar-refractivity contribution < 1.29 is 9.90 Å². The number of benzene rings is 3. The van der Waals surface area contributed by atoms with Gasteiger partial charge < -0.3 is 16.2 Å². The SMILES string of the molecule is Nc1ccccc1NCc1ccc(-c2cccc(C(=O)O)c2)cc1. The molecule has 0 aromatic heterocycles. The molecular formula is C20H18N2O2. The molecule has 0 heterocycles. The van der Waals surface area contributed by atoms with E-state index < -0.39 is 5.97 Å². The minimum Gasteiger partial charge on any atom is -0.478 e. The molecule has 3 aromatic rings. The molecule has 0 aliphatic carbocycles. The highest BCUT2D eigenvalue weighted by molar-refractivity contribution is 5.89. The fourth-order valence-electron chi connectivity index (χ4n) is 2.50. The summed E-state index contributed by atoms with van der Waals surface area (Å²) < 4.78 is 0. The predicted octanol–water partition coefficient (Wildman–Crippen LogP) is 4.25. The summed E-state index contributed by atoms with van der Waals surface area (Å²) in [5, 5.41) is 12.4. The molecule has 0 saturated carbocycles. The molecule has 4 N–H and O–H groups in total. The molecule has 0 amide bonds. The van der Waals surface area contributed by atoms with Crippen LogP contribution in [0.4, 0.5) is 11.4 Å². The Balaban J connectivity index is 1.73. The number of hydrogen-bond donors (Lipinski definition) is 3. The lowest BCUT2D eigenvalue weighted by Crippen LogP contribution is -2.02. The smallest absolute Gasteiger partial charge is 0.335 e. The highest BCUT2D eigenvalue weighted by Crippen LogP contribution is 2.22. The van der Waals surface area contributed by atoms with Gasteiger partial charge in [-0.2, -0.15) is 0 Å². The maximum absolute atomic E-state index is 11.1. The second-order valence-corrected chi connectivity index (χ2v) is 5.52. The van der Waals surface area contributed by atoms with Crippen LogP contribution in [-0.2, 0) is 6.54 Å². The molecule has 0 radical (unpaired) electrons. The van der Waals surface area contributed by atoms with E-state index in [1.165, 1.54) is 0 Å². The number of nitrogens with one attached hydrogen (secondary N) is 1. The van der Waals surface area contributed by atoms with E-state index in [1.807, 2.05) is 54.6 Å². The molecule has 3 rings (SSSR count). The van der Waals surface area contributed by atoms with Crippen LogP contribution in [0.3, 0.4) is 0 Å². The number of aromatic carboxylic acids is 1. The average Bonchev–Trinajstić information content (AvgIpc) is 2.61. The van der Waals surface area contributed by atoms with E-state index in [1.54, 1.807) is 18.2 Å². The minimum atomic E-state index is -0.918. The Hall–Kier alpha value is -3.27. The standard InChI is InChI=1S/C20H18N2O2/c21-18-6-1-2-7-19(18)22-13-14-8-10-15(11-9-14)16-4-3-5-17(12-16)20(23)24/h1-12,22H,13,21H2,(H,23,24). The van der Waals surface area contributed by atoms with Crippen molar-refractivity contribution in [3.63, 3.8) is 0 Å². The number of nitrogen functional groups attached to an aromatic ring is 1. The average molecular weight is 318 g/mol. The summed E-state index contributed by atoms with van der Waals surface area (Å²) in [5.74, 6) is -0.918. The zero-order chi connectivity index (χ0) is 16.9. The van der Waals surface area contributed by atoms with Gasteiger partial charge in [-0.25, -0.2) is 4.79 Å². The summed E-state index contributed by atoms with van der Waals surface area (Å²) in [4.78, 5) is 11.1. The second kappa shape index (κ2) is 6.87. The third kappa shape index (κ3) is 3.55. The Bertz CT molecular complexity index is 858. The Morgan fingerprint density at radius 2 is 1.67 bits per heavy atom. The van der Waals surface area contributed by atoms with E-state index in [4.69, 9.17) is 10.8 Å². The van der Waals surface area contributed by atoms with Crippen LogP contribution in [0, 0.1) is 0 Å². The number of rotatable bonds is 5. The summed E-state index contributed by atoms with van der Waals surface area (Å²) >= 11 is 0. The van der Waals surface area contributed by atoms with Gasteiger partial charge in [0.1, 0.15) is 0 Å². The van der Waals surface area contributed by atoms with Gasteiger partial charge in [-0.15, -0.1) is 0 Å². The molecule has 4 heteroatoms. The lowest BCUT2D eigenvalue weighted by molar-refractivity contribution is 0.0697. The van der Waals surface area contributed by atoms with E-state index in [-0.39, 0.29) is 5.56 Å². The van der Waals surface area contributed by atoms with Gasteiger partial charge in [-0.05, 0) is 41.0 Å². The van der Waals surface area contributed by atoms with Gasteiger partial charge in [-0.1, -0.05) is 48.5 Å². The molecule has 24 heavy (non-hydrogen) atoms. The molecule has 0 atom stereocenters. The van der Waals surface area contributed by atoms with E-state index >= 15 is 0 Å². The predicted molar refractivity (Wildman–Crippen MR) is 97.0 cm³/mol. The number of carboxylic acid groups (broad SMARTS) is 1. The largest absolute Gasteiger partial charge is 0.478 e. The number of anilines is 2. The number of hydrogen-bond acceptors (Lipinski definition) is 3. The van der Waals surface area contributed by atoms with Crippen LogP contribution in [-0.4, -0.2) is 11.1 Å². The molecule has 0 spiro atoms. The summed E-state index contributed by atoms with van der Waals surface area (Å²) in [7, 11) is 0. The Labute approximate surface area is 140 Å². The fraction of sp³-hybridized carbons (Fsp3) is 0.0500. The Morgan fingerprint density at radius 1 is 0.917 bits per heavy atom. The zero-order valence-corrected chi connectivity index (χ0v) is 13.1. The van der Waals surface area contributed by atoms with Crippen molar-refractivity contribution in [2.45, 2.75) is 6.54 Å². The minimum absolute atomic E-state index is 0.290. The summed E-state index contributed by atoms with van der Waals surface area (Å²) in [6.07, 6.45) is 0. The fourth-order valence-corrected chi connectivity index (χ4v) is 2.50. The van der Waals surface area contributed by atoms with Crippen LogP contribution in [0.5, 0.6) is 0 Å². The van der Waals surface area contributed by atoms with Crippen LogP contribution in [0.25, 0.3) is 11.1 Å². The molecule has 4 nitrogen and oxygen atoms in total. The molecule has 0 aliphatic heterocycles. The van der Waals surface area contributed by atoms with Gasteiger partial charge in [0.05, 0.1) is 16.9 Å². The third-order valence-electron chi connectivity index (χ3n) is 3.84. The lowest BCUT2D eigenvalue weighted by Gasteiger charge is -2.10. The normalized spacial score (nSPS) is 10.3. The summed E-state index contributed by atoms with van der Waals surface area (Å²) in [6, 6.07) is 22.6. The van der Waals surface area contributed by atoms with Crippen molar-refractivity contribution in [3.05, 3.63) is 83.9 Å². The quantitative estimate of drug-likeness (QED) is 0.615. The van der Waals surface area contributed by atoms with Gasteiger partial charge in [0.2, 0.25) is 0 Å².